The molecule has 3 N–H and O–H groups in total. The van der Waals surface area contributed by atoms with Crippen molar-refractivity contribution in [3.63, 3.8) is 0 Å². The van der Waals surface area contributed by atoms with E-state index in [2.05, 4.69) is 20.5 Å². The number of hydrogen-bond donors (Lipinski definition) is 3. The van der Waals surface area contributed by atoms with Crippen molar-refractivity contribution in [1.82, 2.24) is 19.5 Å². The molecule has 0 bridgehead atoms. The molecule has 5 rings (SSSR count). The zero-order valence-electron chi connectivity index (χ0n) is 21.5. The summed E-state index contributed by atoms with van der Waals surface area (Å²) in [6.07, 6.45) is 3.21. The molecule has 1 saturated carbocycles. The van der Waals surface area contributed by atoms with Crippen LogP contribution in [0.25, 0.3) is 0 Å². The highest BCUT2D eigenvalue weighted by atomic mass is 32.2. The molecular formula is C26H32F2N6O3S. The maximum atomic E-state index is 15.4. The Kier molecular flexibility index (Phi) is 7.33. The molecule has 9 nitrogen and oxygen atoms in total. The number of hydrogen-bond acceptors (Lipinski definition) is 6. The van der Waals surface area contributed by atoms with E-state index in [1.807, 2.05) is 6.92 Å². The molecule has 2 aromatic rings. The maximum Gasteiger partial charge on any atom is 0.274 e. The summed E-state index contributed by atoms with van der Waals surface area (Å²) in [6, 6.07) is 5.82. The number of halogens is 2. The maximum absolute atomic E-state index is 15.4. The minimum atomic E-state index is -1.61. The van der Waals surface area contributed by atoms with Gasteiger partial charge in [0.25, 0.3) is 5.91 Å². The Bertz CT molecular complexity index is 1210. The van der Waals surface area contributed by atoms with Crippen LogP contribution in [0.3, 0.4) is 0 Å². The van der Waals surface area contributed by atoms with Crippen molar-refractivity contribution >= 4 is 28.9 Å². The minimum absolute atomic E-state index is 0.0146. The monoisotopic (exact) mass is 546 g/mol. The topological polar surface area (TPSA) is 117 Å². The molecular weight excluding hydrogens is 514 g/mol. The first-order valence-corrected chi connectivity index (χ1v) is 13.7. The number of methoxy groups -OCH3 is 1. The lowest BCUT2D eigenvalue weighted by Gasteiger charge is -2.48. The summed E-state index contributed by atoms with van der Waals surface area (Å²) in [4.78, 5) is 18.7. The quantitative estimate of drug-likeness (QED) is 0.477. The lowest BCUT2D eigenvalue weighted by Crippen LogP contribution is -2.67. The third-order valence-corrected chi connectivity index (χ3v) is 10.2. The van der Waals surface area contributed by atoms with Gasteiger partial charge in [0.1, 0.15) is 23.4 Å². The lowest BCUT2D eigenvalue weighted by atomic mass is 9.82. The fraction of sp³-hybridized carbons (Fsp3) is 0.500. The average Bonchev–Trinajstić information content (AvgIpc) is 3.20. The van der Waals surface area contributed by atoms with Crippen LogP contribution in [-0.2, 0) is 16.1 Å². The van der Waals surface area contributed by atoms with E-state index in [1.165, 1.54) is 28.6 Å². The minimum Gasteiger partial charge on any atom is -0.592 e. The number of aromatic nitrogens is 1. The van der Waals surface area contributed by atoms with Gasteiger partial charge < -0.3 is 19.9 Å². The van der Waals surface area contributed by atoms with Crippen molar-refractivity contribution < 1.29 is 22.9 Å². The summed E-state index contributed by atoms with van der Waals surface area (Å²) in [5.41, 5.74) is 0.548. The van der Waals surface area contributed by atoms with Gasteiger partial charge in [-0.1, -0.05) is 6.92 Å². The lowest BCUT2D eigenvalue weighted by molar-refractivity contribution is -0.00910. The second-order valence-corrected chi connectivity index (χ2v) is 12.3. The third kappa shape index (κ3) is 4.74. The van der Waals surface area contributed by atoms with E-state index in [1.54, 1.807) is 14.2 Å². The molecule has 1 aromatic carbocycles. The van der Waals surface area contributed by atoms with Crippen molar-refractivity contribution in [2.75, 3.05) is 39.1 Å². The number of pyridine rings is 1. The van der Waals surface area contributed by atoms with E-state index in [0.717, 1.165) is 31.6 Å². The van der Waals surface area contributed by atoms with E-state index < -0.39 is 39.7 Å². The van der Waals surface area contributed by atoms with Gasteiger partial charge in [-0.05, 0) is 49.1 Å². The Hall–Kier alpha value is -2.80. The van der Waals surface area contributed by atoms with Gasteiger partial charge in [-0.2, -0.15) is 4.31 Å². The first-order valence-electron chi connectivity index (χ1n) is 12.6. The first-order chi connectivity index (χ1) is 18.1. The molecule has 2 unspecified atom stereocenters. The van der Waals surface area contributed by atoms with Crippen molar-refractivity contribution in [3.8, 4) is 0 Å². The molecule has 3 heterocycles. The van der Waals surface area contributed by atoms with Gasteiger partial charge >= 0.3 is 0 Å². The van der Waals surface area contributed by atoms with Crippen LogP contribution in [0.1, 0.15) is 41.9 Å². The zero-order valence-corrected chi connectivity index (χ0v) is 22.4. The van der Waals surface area contributed by atoms with E-state index in [9.17, 15) is 13.7 Å². The summed E-state index contributed by atoms with van der Waals surface area (Å²) >= 11 is -1.61. The zero-order chi connectivity index (χ0) is 27.2. The fourth-order valence-electron chi connectivity index (χ4n) is 5.91. The summed E-state index contributed by atoms with van der Waals surface area (Å²) in [6.45, 7) is 4.05. The van der Waals surface area contributed by atoms with Crippen LogP contribution in [0, 0.1) is 28.9 Å². The van der Waals surface area contributed by atoms with E-state index in [0.29, 0.717) is 24.7 Å². The molecule has 1 aromatic heterocycles. The third-order valence-electron chi connectivity index (χ3n) is 8.06. The highest BCUT2D eigenvalue weighted by Gasteiger charge is 2.64. The SMILES string of the molecule is COC1CC(CN2CC(C)[C@]3(C2)[C@@H](c2cc(NC(=O)c4ccc(F)cn4)ccc2F)NC(=N)N(C)[S+]3[O-])C1. The molecule has 1 amide bonds. The van der Waals surface area contributed by atoms with E-state index in [4.69, 9.17) is 10.1 Å². The van der Waals surface area contributed by atoms with Crippen LogP contribution in [-0.4, -0.2) is 75.3 Å². The predicted molar refractivity (Wildman–Crippen MR) is 140 cm³/mol. The van der Waals surface area contributed by atoms with Crippen LogP contribution in [0.5, 0.6) is 0 Å². The Morgan fingerprint density at radius 3 is 2.79 bits per heavy atom. The van der Waals surface area contributed by atoms with Crippen molar-refractivity contribution in [1.29, 1.82) is 5.41 Å². The number of benzene rings is 1. The van der Waals surface area contributed by atoms with Crippen LogP contribution in [0.15, 0.2) is 36.5 Å². The standard InChI is InChI=1S/C26H32F2N6O3S/c1-15-12-34(13-16-8-19(9-16)37-3)14-26(15)23(32-25(29)33(2)38(26)36)20-10-18(5-6-21(20)28)31-24(35)22-7-4-17(27)11-30-22/h4-7,10-11,15-16,19,23H,8-9,12-14H2,1-3H3,(H2,29,32)(H,31,35)/t15?,16?,19?,23-,26-,38?/m1/s1. The molecule has 2 aliphatic heterocycles. The number of nitrogens with one attached hydrogen (secondary N) is 3. The molecule has 1 aliphatic carbocycles. The number of carbonyl (C=O) groups is 1. The van der Waals surface area contributed by atoms with Gasteiger partial charge in [0.15, 0.2) is 4.75 Å². The average molecular weight is 547 g/mol. The number of ether oxygens (including phenoxy) is 1. The molecule has 0 radical (unpaired) electrons. The molecule has 204 valence electrons. The Morgan fingerprint density at radius 2 is 2.11 bits per heavy atom. The van der Waals surface area contributed by atoms with Gasteiger partial charge in [0.05, 0.1) is 37.3 Å². The van der Waals surface area contributed by atoms with Crippen LogP contribution in [0.4, 0.5) is 14.5 Å². The van der Waals surface area contributed by atoms with Gasteiger partial charge in [-0.15, -0.1) is 0 Å². The molecule has 2 saturated heterocycles. The van der Waals surface area contributed by atoms with E-state index >= 15 is 4.39 Å². The highest BCUT2D eigenvalue weighted by molar-refractivity contribution is 7.91. The summed E-state index contributed by atoms with van der Waals surface area (Å²) in [5.74, 6) is -1.29. The van der Waals surface area contributed by atoms with Crippen LogP contribution < -0.4 is 10.6 Å². The largest absolute Gasteiger partial charge is 0.592 e. The predicted octanol–water partition coefficient (Wildman–Crippen LogP) is 2.90. The molecule has 3 fully saturated rings. The number of amides is 1. The number of nitrogens with zero attached hydrogens (tertiary/aromatic N) is 3. The summed E-state index contributed by atoms with van der Waals surface area (Å²) in [5, 5.41) is 14.2. The molecule has 4 atom stereocenters. The Morgan fingerprint density at radius 1 is 1.34 bits per heavy atom. The highest BCUT2D eigenvalue weighted by Crippen LogP contribution is 2.49. The number of anilines is 1. The molecule has 12 heteroatoms. The molecule has 38 heavy (non-hydrogen) atoms. The first kappa shape index (κ1) is 26.8. The van der Waals surface area contributed by atoms with Gasteiger partial charge in [-0.25, -0.2) is 13.8 Å². The van der Waals surface area contributed by atoms with Gasteiger partial charge in [0, 0.05) is 37.4 Å². The van der Waals surface area contributed by atoms with Crippen molar-refractivity contribution in [2.24, 2.45) is 11.8 Å². The fourth-order valence-corrected chi connectivity index (χ4v) is 7.74. The van der Waals surface area contributed by atoms with Crippen molar-refractivity contribution in [2.45, 2.75) is 36.7 Å². The number of likely N-dealkylation sites (tertiary alicyclic amines) is 1. The number of carbonyl (C=O) groups excluding carboxylic acids is 1. The second-order valence-electron chi connectivity index (χ2n) is 10.5. The van der Waals surface area contributed by atoms with Crippen LogP contribution in [0.2, 0.25) is 0 Å². The van der Waals surface area contributed by atoms with E-state index in [-0.39, 0.29) is 29.2 Å². The van der Waals surface area contributed by atoms with Gasteiger partial charge in [0.2, 0.25) is 5.96 Å². The Labute approximate surface area is 223 Å². The number of guanidine groups is 1. The van der Waals surface area contributed by atoms with Gasteiger partial charge in [-0.3, -0.25) is 15.1 Å². The smallest absolute Gasteiger partial charge is 0.274 e. The van der Waals surface area contributed by atoms with Crippen molar-refractivity contribution in [3.05, 3.63) is 59.4 Å². The summed E-state index contributed by atoms with van der Waals surface area (Å²) < 4.78 is 48.5. The normalized spacial score (nSPS) is 31.3. The Balaban J connectivity index is 1.43. The summed E-state index contributed by atoms with van der Waals surface area (Å²) in [7, 11) is 3.33. The number of rotatable bonds is 6. The molecule has 1 spiro atoms. The second kappa shape index (κ2) is 10.4. The van der Waals surface area contributed by atoms with Crippen LogP contribution >= 0.6 is 0 Å². The molecule has 3 aliphatic rings.